The molecule has 0 atom stereocenters. The predicted molar refractivity (Wildman–Crippen MR) is 102 cm³/mol. The number of carbonyl (C=O) groups excluding carboxylic acids is 1. The van der Waals surface area contributed by atoms with E-state index in [1.807, 2.05) is 13.2 Å². The molecule has 0 unspecified atom stereocenters. The van der Waals surface area contributed by atoms with Gasteiger partial charge in [-0.3, -0.25) is 10.1 Å². The Bertz CT molecular complexity index is 1010. The Labute approximate surface area is 162 Å². The number of alkyl halides is 3. The highest BCUT2D eigenvalue weighted by Gasteiger charge is 2.38. The third kappa shape index (κ3) is 3.81. The molecule has 2 heterocycles. The van der Waals surface area contributed by atoms with E-state index in [0.717, 1.165) is 14.5 Å². The molecule has 0 saturated heterocycles. The van der Waals surface area contributed by atoms with Gasteiger partial charge in [0.1, 0.15) is 0 Å². The molecule has 27 heavy (non-hydrogen) atoms. The zero-order valence-corrected chi connectivity index (χ0v) is 16.6. The zero-order valence-electron chi connectivity index (χ0n) is 15.0. The van der Waals surface area contributed by atoms with Crippen molar-refractivity contribution in [3.63, 3.8) is 0 Å². The van der Waals surface area contributed by atoms with E-state index in [2.05, 4.69) is 15.3 Å². The van der Waals surface area contributed by atoms with Crippen LogP contribution in [-0.4, -0.2) is 26.7 Å². The molecule has 5 nitrogen and oxygen atoms in total. The second-order valence-corrected chi connectivity index (χ2v) is 8.22. The number of carbonyl (C=O) groups is 1. The molecular formula is C17H17F3N4OS2. The van der Waals surface area contributed by atoms with Crippen LogP contribution in [0, 0.1) is 6.92 Å². The van der Waals surface area contributed by atoms with Crippen molar-refractivity contribution in [3.05, 3.63) is 35.3 Å². The summed E-state index contributed by atoms with van der Waals surface area (Å²) in [5, 5.41) is 3.14. The zero-order chi connectivity index (χ0) is 19.9. The monoisotopic (exact) mass is 414 g/mol. The number of aromatic nitrogens is 3. The van der Waals surface area contributed by atoms with Crippen LogP contribution in [0.25, 0.3) is 11.0 Å². The van der Waals surface area contributed by atoms with Gasteiger partial charge >= 0.3 is 6.18 Å². The number of amides is 1. The molecular weight excluding hydrogens is 397 g/mol. The van der Waals surface area contributed by atoms with Gasteiger partial charge in [-0.15, -0.1) is 11.8 Å². The van der Waals surface area contributed by atoms with Crippen LogP contribution in [0.1, 0.15) is 41.8 Å². The lowest BCUT2D eigenvalue weighted by atomic mass is 10.2. The van der Waals surface area contributed by atoms with E-state index >= 15 is 0 Å². The van der Waals surface area contributed by atoms with Crippen molar-refractivity contribution in [2.45, 2.75) is 37.2 Å². The van der Waals surface area contributed by atoms with E-state index in [1.54, 1.807) is 13.8 Å². The Morgan fingerprint density at radius 2 is 2.00 bits per heavy atom. The molecule has 144 valence electrons. The van der Waals surface area contributed by atoms with Gasteiger partial charge in [-0.1, -0.05) is 11.3 Å². The fourth-order valence-electron chi connectivity index (χ4n) is 2.76. The first-order valence-corrected chi connectivity index (χ1v) is 10.1. The minimum Gasteiger partial charge on any atom is -0.318 e. The summed E-state index contributed by atoms with van der Waals surface area (Å²) in [7, 11) is 0. The van der Waals surface area contributed by atoms with E-state index in [9.17, 15) is 18.0 Å². The van der Waals surface area contributed by atoms with Crippen molar-refractivity contribution in [2.75, 3.05) is 11.6 Å². The van der Waals surface area contributed by atoms with E-state index in [0.29, 0.717) is 10.6 Å². The first kappa shape index (κ1) is 19.7. The van der Waals surface area contributed by atoms with Crippen LogP contribution in [0.15, 0.2) is 22.4 Å². The molecule has 2 aromatic heterocycles. The van der Waals surface area contributed by atoms with E-state index in [-0.39, 0.29) is 11.1 Å². The number of nitrogens with one attached hydrogen (secondary N) is 1. The fourth-order valence-corrected chi connectivity index (χ4v) is 4.36. The lowest BCUT2D eigenvalue weighted by Gasteiger charge is -2.14. The lowest BCUT2D eigenvalue weighted by molar-refractivity contribution is -0.147. The summed E-state index contributed by atoms with van der Waals surface area (Å²) >= 11 is 2.89. The van der Waals surface area contributed by atoms with Crippen LogP contribution in [0.5, 0.6) is 0 Å². The highest BCUT2D eigenvalue weighted by molar-refractivity contribution is 8.00. The summed E-state index contributed by atoms with van der Waals surface area (Å²) in [5.74, 6) is -1.41. The summed E-state index contributed by atoms with van der Waals surface area (Å²) in [4.78, 5) is 20.5. The van der Waals surface area contributed by atoms with E-state index < -0.39 is 23.9 Å². The maximum absolute atomic E-state index is 13.3. The van der Waals surface area contributed by atoms with Gasteiger partial charge in [0.05, 0.1) is 20.9 Å². The Morgan fingerprint density at radius 1 is 1.30 bits per heavy atom. The molecule has 0 aliphatic heterocycles. The molecule has 0 fully saturated rings. The average Bonchev–Trinajstić information content (AvgIpc) is 3.13. The van der Waals surface area contributed by atoms with Gasteiger partial charge in [0.25, 0.3) is 5.91 Å². The SMILES string of the molecule is CSc1sc(NC(=O)c2ccc3c(c2)nc(C(F)(F)F)n3C(C)C)nc1C. The van der Waals surface area contributed by atoms with E-state index in [1.165, 1.54) is 41.3 Å². The highest BCUT2D eigenvalue weighted by Crippen LogP contribution is 2.34. The number of hydrogen-bond acceptors (Lipinski definition) is 5. The van der Waals surface area contributed by atoms with Crippen molar-refractivity contribution < 1.29 is 18.0 Å². The number of benzene rings is 1. The standard InChI is InChI=1S/C17H17F3N4OS2/c1-8(2)24-12-6-5-10(7-11(12)22-15(24)17(18,19)20)13(25)23-16-21-9(3)14(26-4)27-16/h5-8H,1-4H3,(H,21,23,25). The Kier molecular flexibility index (Phi) is 5.22. The Morgan fingerprint density at radius 3 is 2.56 bits per heavy atom. The van der Waals surface area contributed by atoms with Crippen molar-refractivity contribution >= 4 is 45.2 Å². The predicted octanol–water partition coefficient (Wildman–Crippen LogP) is 5.38. The van der Waals surface area contributed by atoms with Gasteiger partial charge in [0, 0.05) is 11.6 Å². The van der Waals surface area contributed by atoms with Crippen molar-refractivity contribution in [2.24, 2.45) is 0 Å². The van der Waals surface area contributed by atoms with Crippen LogP contribution in [0.3, 0.4) is 0 Å². The summed E-state index contributed by atoms with van der Waals surface area (Å²) < 4.78 is 42.0. The Balaban J connectivity index is 1.97. The van der Waals surface area contributed by atoms with Gasteiger partial charge in [0.2, 0.25) is 5.82 Å². The second kappa shape index (κ2) is 7.16. The third-order valence-electron chi connectivity index (χ3n) is 3.88. The maximum Gasteiger partial charge on any atom is 0.449 e. The number of fused-ring (bicyclic) bond motifs is 1. The van der Waals surface area contributed by atoms with Gasteiger partial charge in [0.15, 0.2) is 5.13 Å². The number of anilines is 1. The number of thioether (sulfide) groups is 1. The summed E-state index contributed by atoms with van der Waals surface area (Å²) in [6.45, 7) is 5.16. The van der Waals surface area contributed by atoms with Gasteiger partial charge in [-0.25, -0.2) is 9.97 Å². The third-order valence-corrected chi connectivity index (χ3v) is 6.17. The lowest BCUT2D eigenvalue weighted by Crippen LogP contribution is -2.16. The molecule has 0 aliphatic carbocycles. The topological polar surface area (TPSA) is 59.8 Å². The summed E-state index contributed by atoms with van der Waals surface area (Å²) in [6, 6.07) is 3.94. The molecule has 0 radical (unpaired) electrons. The van der Waals surface area contributed by atoms with Gasteiger partial charge < -0.3 is 4.57 Å². The molecule has 0 spiro atoms. The van der Waals surface area contributed by atoms with Crippen molar-refractivity contribution in [1.82, 2.24) is 14.5 Å². The van der Waals surface area contributed by atoms with Gasteiger partial charge in [-0.2, -0.15) is 13.2 Å². The first-order chi connectivity index (χ1) is 12.6. The smallest absolute Gasteiger partial charge is 0.318 e. The van der Waals surface area contributed by atoms with Crippen LogP contribution in [-0.2, 0) is 6.18 Å². The molecule has 0 saturated carbocycles. The number of imidazole rings is 1. The molecule has 3 rings (SSSR count). The molecule has 3 aromatic rings. The normalized spacial score (nSPS) is 12.1. The fraction of sp³-hybridized carbons (Fsp3) is 0.353. The van der Waals surface area contributed by atoms with Crippen LogP contribution in [0.2, 0.25) is 0 Å². The van der Waals surface area contributed by atoms with Gasteiger partial charge in [-0.05, 0) is 45.2 Å². The van der Waals surface area contributed by atoms with Crippen LogP contribution in [0.4, 0.5) is 18.3 Å². The number of halogens is 3. The average molecular weight is 414 g/mol. The number of thiazole rings is 1. The molecule has 0 bridgehead atoms. The minimum absolute atomic E-state index is 0.129. The first-order valence-electron chi connectivity index (χ1n) is 8.03. The molecule has 1 amide bonds. The molecule has 10 heteroatoms. The number of aryl methyl sites for hydroxylation is 1. The quantitative estimate of drug-likeness (QED) is 0.583. The minimum atomic E-state index is -4.57. The summed E-state index contributed by atoms with van der Waals surface area (Å²) in [5.41, 5.74) is 1.51. The maximum atomic E-state index is 13.3. The number of rotatable bonds is 4. The van der Waals surface area contributed by atoms with Crippen LogP contribution < -0.4 is 5.32 Å². The molecule has 1 aromatic carbocycles. The molecule has 0 aliphatic rings. The second-order valence-electron chi connectivity index (χ2n) is 6.15. The molecule has 1 N–H and O–H groups in total. The number of nitrogens with zero attached hydrogens (tertiary/aromatic N) is 3. The van der Waals surface area contributed by atoms with Crippen LogP contribution >= 0.6 is 23.1 Å². The van der Waals surface area contributed by atoms with E-state index in [4.69, 9.17) is 0 Å². The Hall–Kier alpha value is -2.07. The van der Waals surface area contributed by atoms with Crippen molar-refractivity contribution in [1.29, 1.82) is 0 Å². The number of hydrogen-bond donors (Lipinski definition) is 1. The summed E-state index contributed by atoms with van der Waals surface area (Å²) in [6.07, 6.45) is -2.65. The van der Waals surface area contributed by atoms with Crippen molar-refractivity contribution in [3.8, 4) is 0 Å². The largest absolute Gasteiger partial charge is 0.449 e. The highest BCUT2D eigenvalue weighted by atomic mass is 32.2.